The fourth-order valence-electron chi connectivity index (χ4n) is 1.25. The largest absolute Gasteiger partial charge is 0.461 e. The van der Waals surface area contributed by atoms with E-state index in [1.54, 1.807) is 0 Å². The molecular weight excluding hydrogens is 290 g/mol. The van der Waals surface area contributed by atoms with E-state index in [1.807, 2.05) is 29.6 Å². The van der Waals surface area contributed by atoms with E-state index in [0.29, 0.717) is 6.47 Å². The van der Waals surface area contributed by atoms with Crippen molar-refractivity contribution in [3.05, 3.63) is 39.8 Å². The number of benzene rings is 1. The highest BCUT2D eigenvalue weighted by Crippen LogP contribution is 2.30. The molecule has 0 aliphatic heterocycles. The van der Waals surface area contributed by atoms with Crippen molar-refractivity contribution < 1.29 is 9.53 Å². The van der Waals surface area contributed by atoms with E-state index in [4.69, 9.17) is 0 Å². The molecule has 0 amide bonds. The lowest BCUT2D eigenvalue weighted by atomic mass is 10.2. The van der Waals surface area contributed by atoms with Crippen LogP contribution >= 0.6 is 27.3 Å². The fourth-order valence-corrected chi connectivity index (χ4v) is 2.70. The van der Waals surface area contributed by atoms with Crippen LogP contribution in [0.5, 0.6) is 0 Å². The summed E-state index contributed by atoms with van der Waals surface area (Å²) in [5.41, 5.74) is 1.81. The van der Waals surface area contributed by atoms with Crippen molar-refractivity contribution in [3.63, 3.8) is 0 Å². The molecule has 3 nitrogen and oxygen atoms in total. The van der Waals surface area contributed by atoms with Gasteiger partial charge in [0.2, 0.25) is 0 Å². The normalized spacial score (nSPS) is 10.1. The minimum absolute atomic E-state index is 0.227. The number of hydrogen-bond donors (Lipinski definition) is 0. The fraction of sp³-hybridized carbons (Fsp3) is 0.0909. The summed E-state index contributed by atoms with van der Waals surface area (Å²) in [5.74, 6) is 0. The highest BCUT2D eigenvalue weighted by Gasteiger charge is 2.07. The molecule has 0 saturated heterocycles. The first-order valence-corrected chi connectivity index (χ1v) is 6.23. The molecule has 0 saturated carbocycles. The number of thiazole rings is 1. The van der Waals surface area contributed by atoms with E-state index < -0.39 is 0 Å². The molecule has 1 aromatic heterocycles. The molecule has 0 fully saturated rings. The first kappa shape index (κ1) is 11.3. The molecule has 1 heterocycles. The van der Waals surface area contributed by atoms with Crippen molar-refractivity contribution in [2.75, 3.05) is 0 Å². The quantitative estimate of drug-likeness (QED) is 0.813. The number of hydrogen-bond acceptors (Lipinski definition) is 4. The Labute approximate surface area is 105 Å². The highest BCUT2D eigenvalue weighted by molar-refractivity contribution is 9.10. The monoisotopic (exact) mass is 297 g/mol. The third kappa shape index (κ3) is 2.48. The van der Waals surface area contributed by atoms with E-state index >= 15 is 0 Å². The van der Waals surface area contributed by atoms with Crippen molar-refractivity contribution in [1.29, 1.82) is 0 Å². The SMILES string of the molecule is O=COCc1csc(-c2ccccc2Br)n1. The Morgan fingerprint density at radius 3 is 3.00 bits per heavy atom. The lowest BCUT2D eigenvalue weighted by molar-refractivity contribution is -0.129. The van der Waals surface area contributed by atoms with Crippen molar-refractivity contribution in [3.8, 4) is 10.6 Å². The molecule has 1 aromatic carbocycles. The van der Waals surface area contributed by atoms with Gasteiger partial charge >= 0.3 is 0 Å². The lowest BCUT2D eigenvalue weighted by Crippen LogP contribution is -1.90. The summed E-state index contributed by atoms with van der Waals surface area (Å²) in [6.45, 7) is 0.655. The second kappa shape index (κ2) is 5.23. The number of aromatic nitrogens is 1. The molecule has 0 aliphatic rings. The molecular formula is C11H8BrNO2S. The molecule has 0 radical (unpaired) electrons. The van der Waals surface area contributed by atoms with Crippen LogP contribution in [0.15, 0.2) is 34.1 Å². The minimum Gasteiger partial charge on any atom is -0.461 e. The van der Waals surface area contributed by atoms with Gasteiger partial charge in [-0.2, -0.15) is 0 Å². The zero-order valence-corrected chi connectivity index (χ0v) is 10.6. The smallest absolute Gasteiger partial charge is 0.293 e. The molecule has 2 aromatic rings. The second-order valence-electron chi connectivity index (χ2n) is 3.03. The van der Waals surface area contributed by atoms with Gasteiger partial charge in [-0.1, -0.05) is 34.1 Å². The van der Waals surface area contributed by atoms with Gasteiger partial charge < -0.3 is 4.74 Å². The first-order chi connectivity index (χ1) is 7.81. The van der Waals surface area contributed by atoms with Gasteiger partial charge in [0.15, 0.2) is 0 Å². The summed E-state index contributed by atoms with van der Waals surface area (Å²) in [4.78, 5) is 14.4. The second-order valence-corrected chi connectivity index (χ2v) is 4.74. The van der Waals surface area contributed by atoms with E-state index in [-0.39, 0.29) is 6.61 Å². The average molecular weight is 298 g/mol. The van der Waals surface area contributed by atoms with Crippen molar-refractivity contribution in [2.24, 2.45) is 0 Å². The zero-order valence-electron chi connectivity index (χ0n) is 8.22. The van der Waals surface area contributed by atoms with Crippen LogP contribution in [0.25, 0.3) is 10.6 Å². The molecule has 0 aliphatic carbocycles. The number of nitrogens with zero attached hydrogens (tertiary/aromatic N) is 1. The number of carbonyl (C=O) groups excluding carboxylic acids is 1. The van der Waals surface area contributed by atoms with Crippen LogP contribution in [0, 0.1) is 0 Å². The molecule has 82 valence electrons. The first-order valence-electron chi connectivity index (χ1n) is 4.56. The predicted molar refractivity (Wildman–Crippen MR) is 66.1 cm³/mol. The molecule has 0 N–H and O–H groups in total. The summed E-state index contributed by atoms with van der Waals surface area (Å²) in [7, 11) is 0. The van der Waals surface area contributed by atoms with Gasteiger partial charge in [0.05, 0.1) is 5.69 Å². The van der Waals surface area contributed by atoms with Gasteiger partial charge in [0.1, 0.15) is 11.6 Å². The number of rotatable bonds is 4. The van der Waals surface area contributed by atoms with E-state index in [0.717, 1.165) is 20.7 Å². The van der Waals surface area contributed by atoms with Crippen molar-refractivity contribution in [2.45, 2.75) is 6.61 Å². The Kier molecular flexibility index (Phi) is 3.69. The van der Waals surface area contributed by atoms with Crippen molar-refractivity contribution >= 4 is 33.7 Å². The van der Waals surface area contributed by atoms with Crippen LogP contribution in [-0.4, -0.2) is 11.5 Å². The van der Waals surface area contributed by atoms with Gasteiger partial charge in [-0.25, -0.2) is 4.98 Å². The van der Waals surface area contributed by atoms with Crippen molar-refractivity contribution in [1.82, 2.24) is 4.98 Å². The summed E-state index contributed by atoms with van der Waals surface area (Å²) >= 11 is 5.00. The molecule has 0 spiro atoms. The van der Waals surface area contributed by atoms with Crippen LogP contribution in [0.4, 0.5) is 0 Å². The van der Waals surface area contributed by atoms with Crippen LogP contribution in [-0.2, 0) is 16.1 Å². The van der Waals surface area contributed by atoms with Gasteiger partial charge in [-0.3, -0.25) is 4.79 Å². The third-order valence-corrected chi connectivity index (χ3v) is 3.57. The maximum absolute atomic E-state index is 10.1. The molecule has 5 heteroatoms. The standard InChI is InChI=1S/C11H8BrNO2S/c12-10-4-2-1-3-9(10)11-13-8(6-16-11)5-15-7-14/h1-4,6-7H,5H2. The topological polar surface area (TPSA) is 39.2 Å². The van der Waals surface area contributed by atoms with Gasteiger partial charge in [0.25, 0.3) is 6.47 Å². The molecule has 0 atom stereocenters. The van der Waals surface area contributed by atoms with E-state index in [2.05, 4.69) is 25.7 Å². The minimum atomic E-state index is 0.227. The number of halogens is 1. The Bertz CT molecular complexity index is 498. The molecule has 16 heavy (non-hydrogen) atoms. The lowest BCUT2D eigenvalue weighted by Gasteiger charge is -1.98. The molecule has 2 rings (SSSR count). The van der Waals surface area contributed by atoms with Crippen LogP contribution in [0.1, 0.15) is 5.69 Å². The predicted octanol–water partition coefficient (Wildman–Crippen LogP) is 3.25. The summed E-state index contributed by atoms with van der Waals surface area (Å²) in [5, 5.41) is 2.80. The Morgan fingerprint density at radius 2 is 2.25 bits per heavy atom. The number of carbonyl (C=O) groups is 1. The summed E-state index contributed by atoms with van der Waals surface area (Å²) < 4.78 is 5.66. The van der Waals surface area contributed by atoms with Crippen LogP contribution in [0.3, 0.4) is 0 Å². The molecule has 0 bridgehead atoms. The third-order valence-electron chi connectivity index (χ3n) is 1.96. The van der Waals surface area contributed by atoms with Gasteiger partial charge in [0, 0.05) is 15.4 Å². The average Bonchev–Trinajstić information content (AvgIpc) is 2.75. The van der Waals surface area contributed by atoms with Crippen LogP contribution in [0.2, 0.25) is 0 Å². The summed E-state index contributed by atoms with van der Waals surface area (Å²) in [6, 6.07) is 7.88. The van der Waals surface area contributed by atoms with Gasteiger partial charge in [-0.15, -0.1) is 11.3 Å². The van der Waals surface area contributed by atoms with Gasteiger partial charge in [-0.05, 0) is 6.07 Å². The maximum atomic E-state index is 10.1. The maximum Gasteiger partial charge on any atom is 0.293 e. The summed E-state index contributed by atoms with van der Waals surface area (Å²) in [6.07, 6.45) is 0. The Morgan fingerprint density at radius 1 is 1.44 bits per heavy atom. The molecule has 0 unspecified atom stereocenters. The van der Waals surface area contributed by atoms with Crippen LogP contribution < -0.4 is 0 Å². The Hall–Kier alpha value is -1.20. The highest BCUT2D eigenvalue weighted by atomic mass is 79.9. The zero-order chi connectivity index (χ0) is 11.4. The number of ether oxygens (including phenoxy) is 1. The van der Waals surface area contributed by atoms with E-state index in [1.165, 1.54) is 11.3 Å². The Balaban J connectivity index is 2.25. The van der Waals surface area contributed by atoms with E-state index in [9.17, 15) is 4.79 Å².